The van der Waals surface area contributed by atoms with Gasteiger partial charge in [-0.3, -0.25) is 4.68 Å². The van der Waals surface area contributed by atoms with Crippen molar-refractivity contribution in [3.63, 3.8) is 0 Å². The molecule has 1 aromatic heterocycles. The third-order valence-electron chi connectivity index (χ3n) is 3.67. The Labute approximate surface area is 142 Å². The molecule has 0 saturated heterocycles. The Morgan fingerprint density at radius 3 is 2.33 bits per heavy atom. The van der Waals surface area contributed by atoms with Gasteiger partial charge in [-0.1, -0.05) is 35.0 Å². The van der Waals surface area contributed by atoms with Gasteiger partial charge in [0.25, 0.3) is 0 Å². The molecular weight excluding hydrogens is 396 g/mol. The van der Waals surface area contributed by atoms with E-state index in [2.05, 4.69) is 50.8 Å². The van der Waals surface area contributed by atoms with E-state index in [0.29, 0.717) is 6.42 Å². The zero-order valence-electron chi connectivity index (χ0n) is 12.5. The van der Waals surface area contributed by atoms with Crippen LogP contribution in [0.15, 0.2) is 33.2 Å². The smallest absolute Gasteiger partial charge is 0.0924 e. The van der Waals surface area contributed by atoms with Gasteiger partial charge in [-0.05, 0) is 53.9 Å². The Bertz CT molecular complexity index is 618. The van der Waals surface area contributed by atoms with Crippen molar-refractivity contribution in [3.8, 4) is 0 Å². The van der Waals surface area contributed by atoms with Crippen LogP contribution in [-0.2, 0) is 25.0 Å². The second-order valence-corrected chi connectivity index (χ2v) is 7.04. The third kappa shape index (κ3) is 3.58. The number of benzene rings is 1. The van der Waals surface area contributed by atoms with E-state index in [9.17, 15) is 5.11 Å². The van der Waals surface area contributed by atoms with Crippen molar-refractivity contribution in [1.29, 1.82) is 0 Å². The van der Waals surface area contributed by atoms with Gasteiger partial charge < -0.3 is 5.11 Å². The van der Waals surface area contributed by atoms with Crippen LogP contribution in [0.5, 0.6) is 0 Å². The molecule has 0 radical (unpaired) electrons. The molecule has 0 aliphatic carbocycles. The highest BCUT2D eigenvalue weighted by molar-refractivity contribution is 9.10. The summed E-state index contributed by atoms with van der Waals surface area (Å²) in [6.45, 7) is 6.80. The first kappa shape index (κ1) is 16.7. The highest BCUT2D eigenvalue weighted by Crippen LogP contribution is 2.31. The molecule has 0 spiro atoms. The van der Waals surface area contributed by atoms with E-state index in [1.54, 1.807) is 0 Å². The lowest BCUT2D eigenvalue weighted by Crippen LogP contribution is -2.26. The van der Waals surface area contributed by atoms with Crippen molar-refractivity contribution in [2.45, 2.75) is 45.8 Å². The van der Waals surface area contributed by atoms with Gasteiger partial charge in [0.15, 0.2) is 0 Å². The summed E-state index contributed by atoms with van der Waals surface area (Å²) in [5.41, 5.74) is 2.06. The van der Waals surface area contributed by atoms with E-state index >= 15 is 0 Å². The summed E-state index contributed by atoms with van der Waals surface area (Å²) in [5.74, 6) is 0. The Balaban J connectivity index is 2.36. The molecule has 1 atom stereocenters. The maximum Gasteiger partial charge on any atom is 0.0924 e. The minimum absolute atomic E-state index is 0.524. The van der Waals surface area contributed by atoms with Crippen LogP contribution in [0, 0.1) is 0 Å². The minimum atomic E-state index is -0.929. The molecule has 1 unspecified atom stereocenters. The molecule has 0 aliphatic rings. The van der Waals surface area contributed by atoms with Gasteiger partial charge >= 0.3 is 0 Å². The van der Waals surface area contributed by atoms with Crippen LogP contribution in [-0.4, -0.2) is 14.9 Å². The lowest BCUT2D eigenvalue weighted by atomic mass is 9.91. The average molecular weight is 416 g/mol. The normalized spacial score (nSPS) is 14.2. The van der Waals surface area contributed by atoms with Crippen LogP contribution in [0.1, 0.15) is 37.7 Å². The van der Waals surface area contributed by atoms with Crippen LogP contribution >= 0.6 is 31.9 Å². The van der Waals surface area contributed by atoms with Crippen LogP contribution in [0.4, 0.5) is 0 Å². The topological polar surface area (TPSA) is 38.0 Å². The van der Waals surface area contributed by atoms with Crippen LogP contribution in [0.2, 0.25) is 0 Å². The number of aromatic nitrogens is 2. The van der Waals surface area contributed by atoms with Crippen molar-refractivity contribution in [3.05, 3.63) is 50.2 Å². The molecular formula is C16H20Br2N2O. The van der Waals surface area contributed by atoms with Crippen molar-refractivity contribution in [2.24, 2.45) is 0 Å². The molecule has 0 fully saturated rings. The maximum absolute atomic E-state index is 10.9. The number of halogens is 2. The number of nitrogens with zero attached hydrogens (tertiary/aromatic N) is 2. The van der Waals surface area contributed by atoms with E-state index in [4.69, 9.17) is 0 Å². The molecule has 3 nitrogen and oxygen atoms in total. The predicted molar refractivity (Wildman–Crippen MR) is 92.4 cm³/mol. The fourth-order valence-corrected chi connectivity index (χ4v) is 3.39. The Morgan fingerprint density at radius 2 is 1.81 bits per heavy atom. The second kappa shape index (κ2) is 6.63. The van der Waals surface area contributed by atoms with E-state index in [-0.39, 0.29) is 0 Å². The Hall–Kier alpha value is -0.650. The predicted octanol–water partition coefficient (Wildman–Crippen LogP) is 4.44. The van der Waals surface area contributed by atoms with Crippen LogP contribution in [0.3, 0.4) is 0 Å². The fraction of sp³-hybridized carbons (Fsp3) is 0.438. The summed E-state index contributed by atoms with van der Waals surface area (Å²) in [4.78, 5) is 0. The Kier molecular flexibility index (Phi) is 5.28. The zero-order chi connectivity index (χ0) is 15.6. The maximum atomic E-state index is 10.9. The van der Waals surface area contributed by atoms with Gasteiger partial charge in [-0.25, -0.2) is 0 Å². The first-order chi connectivity index (χ1) is 9.89. The molecule has 1 heterocycles. The molecule has 1 N–H and O–H groups in total. The highest BCUT2D eigenvalue weighted by atomic mass is 79.9. The average Bonchev–Trinajstić information content (AvgIpc) is 2.75. The second-order valence-electron chi connectivity index (χ2n) is 5.33. The minimum Gasteiger partial charge on any atom is -0.385 e. The Morgan fingerprint density at radius 1 is 1.19 bits per heavy atom. The van der Waals surface area contributed by atoms with Gasteiger partial charge in [0, 0.05) is 17.4 Å². The van der Waals surface area contributed by atoms with Crippen molar-refractivity contribution >= 4 is 31.9 Å². The number of aliphatic hydroxyl groups is 1. The lowest BCUT2D eigenvalue weighted by Gasteiger charge is -2.24. The van der Waals surface area contributed by atoms with Crippen molar-refractivity contribution < 1.29 is 5.11 Å². The molecule has 0 saturated carbocycles. The first-order valence-corrected chi connectivity index (χ1v) is 8.70. The molecule has 1 aromatic carbocycles. The van der Waals surface area contributed by atoms with E-state index < -0.39 is 5.60 Å². The van der Waals surface area contributed by atoms with E-state index in [0.717, 1.165) is 38.9 Å². The molecule has 2 rings (SSSR count). The largest absolute Gasteiger partial charge is 0.385 e. The molecule has 0 bridgehead atoms. The van der Waals surface area contributed by atoms with Gasteiger partial charge in [-0.2, -0.15) is 5.10 Å². The molecule has 21 heavy (non-hydrogen) atoms. The number of hydrogen-bond donors (Lipinski definition) is 1. The number of rotatable bonds is 5. The molecule has 114 valence electrons. The fourth-order valence-electron chi connectivity index (χ4n) is 2.42. The van der Waals surface area contributed by atoms with Crippen molar-refractivity contribution in [2.75, 3.05) is 0 Å². The lowest BCUT2D eigenvalue weighted by molar-refractivity contribution is 0.0552. The summed E-state index contributed by atoms with van der Waals surface area (Å²) < 4.78 is 4.00. The molecule has 2 aromatic rings. The van der Waals surface area contributed by atoms with Gasteiger partial charge in [-0.15, -0.1) is 0 Å². The number of aryl methyl sites for hydroxylation is 2. The van der Waals surface area contributed by atoms with E-state index in [1.165, 1.54) is 0 Å². The zero-order valence-corrected chi connectivity index (χ0v) is 15.7. The molecule has 5 heteroatoms. The monoisotopic (exact) mass is 414 g/mol. The third-order valence-corrected chi connectivity index (χ3v) is 5.12. The van der Waals surface area contributed by atoms with Crippen LogP contribution in [0.25, 0.3) is 0 Å². The van der Waals surface area contributed by atoms with Crippen LogP contribution < -0.4 is 0 Å². The summed E-state index contributed by atoms with van der Waals surface area (Å²) in [5, 5.41) is 15.5. The highest BCUT2D eigenvalue weighted by Gasteiger charge is 2.27. The standard InChI is InChI=1S/C16H20Br2N2O/c1-4-13-15(18)14(20(5-2)19-13)10-16(3,21)11-6-8-12(17)9-7-11/h6-9,21H,4-5,10H2,1-3H3. The van der Waals surface area contributed by atoms with Crippen molar-refractivity contribution in [1.82, 2.24) is 9.78 Å². The first-order valence-electron chi connectivity index (χ1n) is 7.11. The molecule has 0 aliphatic heterocycles. The summed E-state index contributed by atoms with van der Waals surface area (Å²) in [7, 11) is 0. The van der Waals surface area contributed by atoms with Gasteiger partial charge in [0.2, 0.25) is 0 Å². The number of hydrogen-bond acceptors (Lipinski definition) is 2. The summed E-state index contributed by atoms with van der Waals surface area (Å²) >= 11 is 7.06. The van der Waals surface area contributed by atoms with E-state index in [1.807, 2.05) is 35.9 Å². The van der Waals surface area contributed by atoms with Gasteiger partial charge in [0.05, 0.1) is 21.5 Å². The van der Waals surface area contributed by atoms with Gasteiger partial charge in [0.1, 0.15) is 0 Å². The quantitative estimate of drug-likeness (QED) is 0.783. The summed E-state index contributed by atoms with van der Waals surface area (Å²) in [6, 6.07) is 7.80. The summed E-state index contributed by atoms with van der Waals surface area (Å²) in [6.07, 6.45) is 1.40. The molecule has 0 amide bonds. The SMILES string of the molecule is CCc1nn(CC)c(CC(C)(O)c2ccc(Br)cc2)c1Br.